The molecular weight excluding hydrogens is 679 g/mol. The molecule has 0 atom stereocenters. The Labute approximate surface area is 326 Å². The molecule has 2 aliphatic heterocycles. The van der Waals surface area contributed by atoms with Crippen molar-refractivity contribution in [1.29, 1.82) is 0 Å². The monoisotopic (exact) mass is 716 g/mol. The van der Waals surface area contributed by atoms with Crippen molar-refractivity contribution in [3.05, 3.63) is 175 Å². The predicted octanol–water partition coefficient (Wildman–Crippen LogP) is 11.9. The molecule has 0 unspecified atom stereocenters. The van der Waals surface area contributed by atoms with E-state index in [4.69, 9.17) is 4.42 Å². The van der Waals surface area contributed by atoms with Crippen molar-refractivity contribution < 1.29 is 4.42 Å². The van der Waals surface area contributed by atoms with Gasteiger partial charge in [0.2, 0.25) is 6.71 Å². The largest absolute Gasteiger partial charge is 0.456 e. The molecule has 8 aromatic carbocycles. The first-order chi connectivity index (χ1) is 27.4. The first-order valence-corrected chi connectivity index (χ1v) is 19.6. The molecule has 4 heteroatoms. The Kier molecular flexibility index (Phi) is 6.41. The lowest BCUT2D eigenvalue weighted by atomic mass is 9.37. The summed E-state index contributed by atoms with van der Waals surface area (Å²) in [6.45, 7) is 6.97. The predicted molar refractivity (Wildman–Crippen MR) is 237 cm³/mol. The highest BCUT2D eigenvalue weighted by atomic mass is 16.3. The average molecular weight is 717 g/mol. The van der Waals surface area contributed by atoms with Crippen LogP contribution in [0.4, 0.5) is 17.1 Å². The topological polar surface area (TPSA) is 21.3 Å². The highest BCUT2D eigenvalue weighted by molar-refractivity contribution is 7.01. The lowest BCUT2D eigenvalue weighted by Gasteiger charge is -2.38. The zero-order chi connectivity index (χ0) is 37.3. The van der Waals surface area contributed by atoms with Gasteiger partial charge >= 0.3 is 0 Å². The number of anilines is 3. The van der Waals surface area contributed by atoms with Crippen LogP contribution in [0.3, 0.4) is 0 Å². The lowest BCUT2D eigenvalue weighted by Crippen LogP contribution is -2.54. The van der Waals surface area contributed by atoms with Gasteiger partial charge in [0.15, 0.2) is 0 Å². The van der Waals surface area contributed by atoms with E-state index < -0.39 is 0 Å². The second-order valence-electron chi connectivity index (χ2n) is 16.5. The van der Waals surface area contributed by atoms with E-state index in [1.165, 1.54) is 71.7 Å². The third kappa shape index (κ3) is 4.35. The van der Waals surface area contributed by atoms with Crippen LogP contribution in [0.5, 0.6) is 0 Å². The molecule has 0 N–H and O–H groups in total. The second-order valence-corrected chi connectivity index (χ2v) is 16.5. The smallest absolute Gasteiger partial charge is 0.248 e. The number of hydrogen-bond acceptors (Lipinski definition) is 2. The van der Waals surface area contributed by atoms with Crippen molar-refractivity contribution in [2.45, 2.75) is 26.2 Å². The number of hydrogen-bond donors (Lipinski definition) is 0. The molecule has 2 aliphatic rings. The zero-order valence-electron chi connectivity index (χ0n) is 31.5. The molecule has 0 aliphatic carbocycles. The molecule has 0 fully saturated rings. The summed E-state index contributed by atoms with van der Waals surface area (Å²) >= 11 is 0. The summed E-state index contributed by atoms with van der Waals surface area (Å²) < 4.78 is 9.14. The van der Waals surface area contributed by atoms with Gasteiger partial charge in [-0.05, 0) is 81.1 Å². The quantitative estimate of drug-likeness (QED) is 0.170. The van der Waals surface area contributed by atoms with E-state index in [2.05, 4.69) is 200 Å². The molecule has 2 aromatic heterocycles. The van der Waals surface area contributed by atoms with Gasteiger partial charge < -0.3 is 13.9 Å². The summed E-state index contributed by atoms with van der Waals surface area (Å²) in [5.41, 5.74) is 19.1. The minimum atomic E-state index is -0.0211. The van der Waals surface area contributed by atoms with Crippen molar-refractivity contribution in [2.75, 3.05) is 4.90 Å². The Balaban J connectivity index is 1.24. The number of benzene rings is 8. The van der Waals surface area contributed by atoms with Crippen molar-refractivity contribution in [3.8, 4) is 27.9 Å². The van der Waals surface area contributed by atoms with E-state index in [9.17, 15) is 0 Å². The van der Waals surface area contributed by atoms with Crippen LogP contribution in [-0.4, -0.2) is 11.3 Å². The van der Waals surface area contributed by atoms with Crippen molar-refractivity contribution in [1.82, 2.24) is 4.57 Å². The molecule has 0 spiro atoms. The van der Waals surface area contributed by atoms with Gasteiger partial charge in [-0.1, -0.05) is 148 Å². The minimum Gasteiger partial charge on any atom is -0.456 e. The maximum absolute atomic E-state index is 6.67. The normalized spacial score (nSPS) is 13.2. The van der Waals surface area contributed by atoms with Gasteiger partial charge in [-0.2, -0.15) is 0 Å². The van der Waals surface area contributed by atoms with Crippen molar-refractivity contribution in [3.63, 3.8) is 0 Å². The Morgan fingerprint density at radius 1 is 0.464 bits per heavy atom. The molecule has 0 amide bonds. The highest BCUT2D eigenvalue weighted by Gasteiger charge is 2.44. The molecule has 264 valence electrons. The van der Waals surface area contributed by atoms with Crippen LogP contribution in [0.2, 0.25) is 0 Å². The molecule has 12 rings (SSSR count). The van der Waals surface area contributed by atoms with Crippen LogP contribution in [0.1, 0.15) is 26.3 Å². The standard InChI is InChI=1S/C52H37BN2O/c1-52(2,3)33-25-26-46(39(27-33)32-15-5-4-6-16-32)55-47-31-50-40(38-20-10-14-24-49(38)56-50)30-43(47)53-42-21-11-7-17-35(42)41-28-34(29-48(55)51(41)53)54-44-22-12-8-18-36(44)37-19-9-13-23-45(37)54/h4-31H,1-3H3. The van der Waals surface area contributed by atoms with Gasteiger partial charge in [-0.25, -0.2) is 0 Å². The van der Waals surface area contributed by atoms with Gasteiger partial charge in [-0.15, -0.1) is 0 Å². The van der Waals surface area contributed by atoms with Crippen LogP contribution in [-0.2, 0) is 5.41 Å². The lowest BCUT2D eigenvalue weighted by molar-refractivity contribution is 0.590. The third-order valence-corrected chi connectivity index (χ3v) is 12.3. The van der Waals surface area contributed by atoms with Crippen molar-refractivity contribution in [2.24, 2.45) is 0 Å². The highest BCUT2D eigenvalue weighted by Crippen LogP contribution is 2.48. The molecule has 0 saturated heterocycles. The summed E-state index contributed by atoms with van der Waals surface area (Å²) in [5, 5.41) is 4.82. The van der Waals surface area contributed by atoms with Gasteiger partial charge in [0.05, 0.1) is 16.7 Å². The number of fused-ring (bicyclic) bond motifs is 11. The number of nitrogens with zero attached hydrogens (tertiary/aromatic N) is 2. The zero-order valence-corrected chi connectivity index (χ0v) is 31.5. The van der Waals surface area contributed by atoms with E-state index >= 15 is 0 Å². The number of para-hydroxylation sites is 3. The van der Waals surface area contributed by atoms with Crippen LogP contribution in [0, 0.1) is 0 Å². The van der Waals surface area contributed by atoms with Gasteiger partial charge in [0.1, 0.15) is 11.2 Å². The molecular formula is C52H37BN2O. The van der Waals surface area contributed by atoms with E-state index in [0.29, 0.717) is 0 Å². The Morgan fingerprint density at radius 3 is 1.91 bits per heavy atom. The summed E-state index contributed by atoms with van der Waals surface area (Å²) in [6.07, 6.45) is 0. The summed E-state index contributed by atoms with van der Waals surface area (Å²) in [6, 6.07) is 62.8. The van der Waals surface area contributed by atoms with Crippen molar-refractivity contribution >= 4 is 83.9 Å². The van der Waals surface area contributed by atoms with Crippen LogP contribution in [0.15, 0.2) is 174 Å². The Bertz CT molecular complexity index is 3200. The molecule has 56 heavy (non-hydrogen) atoms. The maximum atomic E-state index is 6.67. The maximum Gasteiger partial charge on any atom is 0.248 e. The first kappa shape index (κ1) is 31.6. The summed E-state index contributed by atoms with van der Waals surface area (Å²) in [4.78, 5) is 2.55. The van der Waals surface area contributed by atoms with Gasteiger partial charge in [0, 0.05) is 50.2 Å². The molecule has 0 saturated carbocycles. The van der Waals surface area contributed by atoms with Gasteiger partial charge in [0.25, 0.3) is 0 Å². The Hall–Kier alpha value is -6.78. The average Bonchev–Trinajstić information content (AvgIpc) is 3.88. The third-order valence-electron chi connectivity index (χ3n) is 12.3. The fraction of sp³-hybridized carbons (Fsp3) is 0.0769. The minimum absolute atomic E-state index is 0.0211. The van der Waals surface area contributed by atoms with Gasteiger partial charge in [-0.3, -0.25) is 0 Å². The number of rotatable bonds is 3. The number of furan rings is 1. The van der Waals surface area contributed by atoms with Crippen LogP contribution < -0.4 is 21.3 Å². The summed E-state index contributed by atoms with van der Waals surface area (Å²) in [5.74, 6) is 0. The van der Waals surface area contributed by atoms with Crippen LogP contribution >= 0.6 is 0 Å². The summed E-state index contributed by atoms with van der Waals surface area (Å²) in [7, 11) is 0. The fourth-order valence-electron chi connectivity index (χ4n) is 9.77. The van der Waals surface area contributed by atoms with E-state index in [1.807, 2.05) is 0 Å². The Morgan fingerprint density at radius 2 is 1.14 bits per heavy atom. The fourth-order valence-corrected chi connectivity index (χ4v) is 9.77. The SMILES string of the molecule is CC(C)(C)c1ccc(N2c3cc4oc5ccccc5c4cc3B3c4ccccc4-c4cc(-n5c6ccccc6c6ccccc65)cc2c43)c(-c2ccccc2)c1. The molecule has 10 aromatic rings. The first-order valence-electron chi connectivity index (χ1n) is 19.6. The second kappa shape index (κ2) is 11.4. The van der Waals surface area contributed by atoms with E-state index in [1.54, 1.807) is 0 Å². The molecule has 0 bridgehead atoms. The van der Waals surface area contributed by atoms with Crippen LogP contribution in [0.25, 0.3) is 71.7 Å². The number of aromatic nitrogens is 1. The molecule has 0 radical (unpaired) electrons. The molecule has 4 heterocycles. The van der Waals surface area contributed by atoms with E-state index in [0.717, 1.165) is 39.0 Å². The van der Waals surface area contributed by atoms with E-state index in [-0.39, 0.29) is 12.1 Å². The molecule has 3 nitrogen and oxygen atoms in total.